The summed E-state index contributed by atoms with van der Waals surface area (Å²) >= 11 is 1.56. The molecule has 0 radical (unpaired) electrons. The van der Waals surface area contributed by atoms with E-state index in [0.717, 1.165) is 15.6 Å². The molecule has 114 valence electrons. The number of aromatic nitrogens is 1. The molecule has 5 heteroatoms. The lowest BCUT2D eigenvalue weighted by Gasteiger charge is -2.22. The van der Waals surface area contributed by atoms with Crippen LogP contribution in [0.2, 0.25) is 0 Å². The summed E-state index contributed by atoms with van der Waals surface area (Å²) in [6, 6.07) is 13.7. The molecule has 3 rings (SSSR count). The van der Waals surface area contributed by atoms with Crippen LogP contribution in [0, 0.1) is 11.3 Å². The number of nitrogens with zero attached hydrogens (tertiary/aromatic N) is 3. The highest BCUT2D eigenvalue weighted by atomic mass is 32.1. The second-order valence-corrected chi connectivity index (χ2v) is 6.06. The number of pyridine rings is 1. The second kappa shape index (κ2) is 7.03. The van der Waals surface area contributed by atoms with Crippen LogP contribution in [-0.2, 0) is 6.54 Å². The van der Waals surface area contributed by atoms with Gasteiger partial charge in [-0.2, -0.15) is 5.26 Å². The van der Waals surface area contributed by atoms with E-state index in [4.69, 9.17) is 5.26 Å². The van der Waals surface area contributed by atoms with Gasteiger partial charge in [0.2, 0.25) is 0 Å². The van der Waals surface area contributed by atoms with Crippen LogP contribution in [0.25, 0.3) is 10.1 Å². The average Bonchev–Trinajstić information content (AvgIpc) is 3.07. The molecular weight excluding hydrogens is 306 g/mol. The van der Waals surface area contributed by atoms with Crippen molar-refractivity contribution in [1.82, 2.24) is 9.88 Å². The minimum atomic E-state index is -0.0443. The maximum atomic E-state index is 13.0. The molecule has 0 spiro atoms. The Morgan fingerprint density at radius 3 is 2.96 bits per heavy atom. The third-order valence-corrected chi connectivity index (χ3v) is 4.55. The predicted octanol–water partition coefficient (Wildman–Crippen LogP) is 3.85. The number of amides is 1. The molecule has 0 aliphatic heterocycles. The summed E-state index contributed by atoms with van der Waals surface area (Å²) in [4.78, 5) is 18.8. The van der Waals surface area contributed by atoms with E-state index in [9.17, 15) is 4.79 Å². The third kappa shape index (κ3) is 3.38. The molecule has 1 aromatic carbocycles. The van der Waals surface area contributed by atoms with Crippen molar-refractivity contribution in [1.29, 1.82) is 5.26 Å². The van der Waals surface area contributed by atoms with Gasteiger partial charge >= 0.3 is 0 Å². The van der Waals surface area contributed by atoms with E-state index in [0.29, 0.717) is 25.1 Å². The van der Waals surface area contributed by atoms with Gasteiger partial charge in [-0.1, -0.05) is 18.2 Å². The smallest absolute Gasteiger partial charge is 0.255 e. The van der Waals surface area contributed by atoms with Crippen molar-refractivity contribution in [2.45, 2.75) is 13.0 Å². The summed E-state index contributed by atoms with van der Waals surface area (Å²) in [6.07, 6.45) is 3.77. The molecule has 0 fully saturated rings. The first-order valence-electron chi connectivity index (χ1n) is 7.31. The Morgan fingerprint density at radius 1 is 1.26 bits per heavy atom. The highest BCUT2D eigenvalue weighted by molar-refractivity contribution is 7.17. The van der Waals surface area contributed by atoms with Crippen molar-refractivity contribution >= 4 is 27.3 Å². The maximum Gasteiger partial charge on any atom is 0.255 e. The largest absolute Gasteiger partial charge is 0.333 e. The Kier molecular flexibility index (Phi) is 4.65. The SMILES string of the molecule is N#CCCN(Cc1cccnc1)C(=O)c1cccc2ccsc12. The Hall–Kier alpha value is -2.71. The Bertz CT molecular complexity index is 851. The van der Waals surface area contributed by atoms with Crippen LogP contribution < -0.4 is 0 Å². The molecule has 3 aromatic rings. The summed E-state index contributed by atoms with van der Waals surface area (Å²) in [5.74, 6) is -0.0443. The number of nitriles is 1. The maximum absolute atomic E-state index is 13.0. The summed E-state index contributed by atoms with van der Waals surface area (Å²) in [7, 11) is 0. The van der Waals surface area contributed by atoms with Gasteiger partial charge in [0.25, 0.3) is 5.91 Å². The van der Waals surface area contributed by atoms with Crippen LogP contribution in [0.4, 0.5) is 0 Å². The van der Waals surface area contributed by atoms with Crippen molar-refractivity contribution < 1.29 is 4.79 Å². The number of hydrogen-bond acceptors (Lipinski definition) is 4. The quantitative estimate of drug-likeness (QED) is 0.717. The first-order chi connectivity index (χ1) is 11.3. The molecule has 2 heterocycles. The van der Waals surface area contributed by atoms with E-state index >= 15 is 0 Å². The van der Waals surface area contributed by atoms with E-state index in [1.165, 1.54) is 0 Å². The monoisotopic (exact) mass is 321 g/mol. The van der Waals surface area contributed by atoms with E-state index < -0.39 is 0 Å². The molecule has 0 aliphatic rings. The van der Waals surface area contributed by atoms with Gasteiger partial charge in [0.15, 0.2) is 0 Å². The molecule has 0 saturated heterocycles. The highest BCUT2D eigenvalue weighted by Gasteiger charge is 2.18. The van der Waals surface area contributed by atoms with Gasteiger partial charge in [-0.15, -0.1) is 11.3 Å². The summed E-state index contributed by atoms with van der Waals surface area (Å²) in [6.45, 7) is 0.863. The fourth-order valence-electron chi connectivity index (χ4n) is 2.48. The fourth-order valence-corrected chi connectivity index (χ4v) is 3.39. The molecule has 4 nitrogen and oxygen atoms in total. The molecule has 0 atom stereocenters. The summed E-state index contributed by atoms with van der Waals surface area (Å²) < 4.78 is 0.991. The van der Waals surface area contributed by atoms with E-state index in [1.807, 2.05) is 41.8 Å². The first-order valence-corrected chi connectivity index (χ1v) is 8.19. The molecule has 23 heavy (non-hydrogen) atoms. The molecule has 0 aliphatic carbocycles. The zero-order valence-electron chi connectivity index (χ0n) is 12.5. The summed E-state index contributed by atoms with van der Waals surface area (Å²) in [5, 5.41) is 11.9. The van der Waals surface area contributed by atoms with E-state index in [1.54, 1.807) is 28.6 Å². The number of rotatable bonds is 5. The zero-order chi connectivity index (χ0) is 16.1. The molecule has 0 saturated carbocycles. The molecule has 0 N–H and O–H groups in total. The summed E-state index contributed by atoms with van der Waals surface area (Å²) in [5.41, 5.74) is 1.65. The molecular formula is C18H15N3OS. The van der Waals surface area contributed by atoms with Gasteiger partial charge in [-0.3, -0.25) is 9.78 Å². The van der Waals surface area contributed by atoms with Crippen LogP contribution in [0.5, 0.6) is 0 Å². The second-order valence-electron chi connectivity index (χ2n) is 5.14. The van der Waals surface area contributed by atoms with Crippen molar-refractivity contribution in [2.24, 2.45) is 0 Å². The topological polar surface area (TPSA) is 57.0 Å². The lowest BCUT2D eigenvalue weighted by Crippen LogP contribution is -2.31. The Labute approximate surface area is 138 Å². The number of carbonyl (C=O) groups excluding carboxylic acids is 1. The van der Waals surface area contributed by atoms with Crippen molar-refractivity contribution in [3.05, 3.63) is 65.3 Å². The number of hydrogen-bond donors (Lipinski definition) is 0. The van der Waals surface area contributed by atoms with Gasteiger partial charge in [0.05, 0.1) is 18.1 Å². The highest BCUT2D eigenvalue weighted by Crippen LogP contribution is 2.26. The van der Waals surface area contributed by atoms with Crippen LogP contribution in [-0.4, -0.2) is 22.3 Å². The van der Waals surface area contributed by atoms with Crippen LogP contribution >= 0.6 is 11.3 Å². The number of benzene rings is 1. The van der Waals surface area contributed by atoms with Crippen LogP contribution in [0.1, 0.15) is 22.3 Å². The first kappa shape index (κ1) is 15.2. The van der Waals surface area contributed by atoms with Gasteiger partial charge in [0.1, 0.15) is 0 Å². The molecule has 0 unspecified atom stereocenters. The number of fused-ring (bicyclic) bond motifs is 1. The minimum Gasteiger partial charge on any atom is -0.333 e. The fraction of sp³-hybridized carbons (Fsp3) is 0.167. The number of carbonyl (C=O) groups is 1. The van der Waals surface area contributed by atoms with Gasteiger partial charge < -0.3 is 4.90 Å². The molecule has 0 bridgehead atoms. The lowest BCUT2D eigenvalue weighted by molar-refractivity contribution is 0.0749. The van der Waals surface area contributed by atoms with Crippen molar-refractivity contribution in [3.63, 3.8) is 0 Å². The minimum absolute atomic E-state index is 0.0443. The third-order valence-electron chi connectivity index (χ3n) is 3.59. The lowest BCUT2D eigenvalue weighted by atomic mass is 10.1. The van der Waals surface area contributed by atoms with Crippen molar-refractivity contribution in [2.75, 3.05) is 6.54 Å². The Balaban J connectivity index is 1.91. The average molecular weight is 321 g/mol. The normalized spacial score (nSPS) is 10.4. The van der Waals surface area contributed by atoms with E-state index in [-0.39, 0.29) is 5.91 Å². The molecule has 2 aromatic heterocycles. The van der Waals surface area contributed by atoms with Crippen LogP contribution in [0.15, 0.2) is 54.2 Å². The number of thiophene rings is 1. The van der Waals surface area contributed by atoms with E-state index in [2.05, 4.69) is 11.1 Å². The van der Waals surface area contributed by atoms with Gasteiger partial charge in [-0.05, 0) is 34.5 Å². The van der Waals surface area contributed by atoms with Crippen molar-refractivity contribution in [3.8, 4) is 6.07 Å². The predicted molar refractivity (Wildman–Crippen MR) is 91.0 cm³/mol. The molecule has 1 amide bonds. The standard InChI is InChI=1S/C18H15N3OS/c19-8-3-10-21(13-14-4-2-9-20-12-14)18(22)16-6-1-5-15-7-11-23-17(15)16/h1-2,4-7,9,11-12H,3,10,13H2. The van der Waals surface area contributed by atoms with Gasteiger partial charge in [0, 0.05) is 30.2 Å². The zero-order valence-corrected chi connectivity index (χ0v) is 13.3. The Morgan fingerprint density at radius 2 is 2.17 bits per heavy atom. The van der Waals surface area contributed by atoms with Gasteiger partial charge in [-0.25, -0.2) is 0 Å². The van der Waals surface area contributed by atoms with Crippen LogP contribution in [0.3, 0.4) is 0 Å².